The SMILES string of the molecule is CC[C@H](C)[C@@H]1NC(=O)CCCN(C(=O)CCOc2ccccc2)CCCNC(=O)c2ccc3[nH]c(=O)n(c3c2)CCCNC1=O. The smallest absolute Gasteiger partial charge is 0.326 e. The maximum atomic E-state index is 13.2. The van der Waals surface area contributed by atoms with E-state index in [4.69, 9.17) is 4.74 Å². The van der Waals surface area contributed by atoms with Crippen LogP contribution in [0.3, 0.4) is 0 Å². The van der Waals surface area contributed by atoms with Crippen LogP contribution in [0, 0.1) is 5.92 Å². The van der Waals surface area contributed by atoms with Crippen molar-refractivity contribution in [2.75, 3.05) is 32.8 Å². The molecule has 0 aliphatic carbocycles. The van der Waals surface area contributed by atoms with Gasteiger partial charge in [-0.15, -0.1) is 0 Å². The molecular formula is C33H44N6O6. The molecule has 0 radical (unpaired) electrons. The summed E-state index contributed by atoms with van der Waals surface area (Å²) in [6, 6.07) is 13.6. The minimum atomic E-state index is -0.695. The van der Waals surface area contributed by atoms with Gasteiger partial charge in [0.25, 0.3) is 5.91 Å². The number of H-pyrrole nitrogens is 1. The van der Waals surface area contributed by atoms with Crippen LogP contribution < -0.4 is 26.4 Å². The first-order valence-corrected chi connectivity index (χ1v) is 15.8. The average Bonchev–Trinajstić information content (AvgIpc) is 3.36. The van der Waals surface area contributed by atoms with Crippen LogP contribution in [0.1, 0.15) is 62.7 Å². The molecule has 2 bridgehead atoms. The van der Waals surface area contributed by atoms with Crippen LogP contribution in [-0.2, 0) is 20.9 Å². The molecule has 4 rings (SSSR count). The Morgan fingerprint density at radius 2 is 1.69 bits per heavy atom. The zero-order chi connectivity index (χ0) is 32.2. The molecule has 3 aromatic rings. The Hall–Kier alpha value is -4.61. The summed E-state index contributed by atoms with van der Waals surface area (Å²) < 4.78 is 7.26. The number of ether oxygens (including phenoxy) is 1. The highest BCUT2D eigenvalue weighted by Gasteiger charge is 2.26. The van der Waals surface area contributed by atoms with Crippen molar-refractivity contribution < 1.29 is 23.9 Å². The topological polar surface area (TPSA) is 155 Å². The highest BCUT2D eigenvalue weighted by atomic mass is 16.5. The Bertz CT molecular complexity index is 1520. The lowest BCUT2D eigenvalue weighted by Crippen LogP contribution is -2.50. The van der Waals surface area contributed by atoms with E-state index in [1.54, 1.807) is 27.7 Å². The molecule has 1 aromatic heterocycles. The molecule has 1 aliphatic rings. The third-order valence-electron chi connectivity index (χ3n) is 8.11. The molecule has 4 N–H and O–H groups in total. The number of benzene rings is 2. The summed E-state index contributed by atoms with van der Waals surface area (Å²) in [5.74, 6) is -0.321. The van der Waals surface area contributed by atoms with Crippen molar-refractivity contribution in [2.24, 2.45) is 5.92 Å². The van der Waals surface area contributed by atoms with Crippen molar-refractivity contribution in [3.63, 3.8) is 0 Å². The van der Waals surface area contributed by atoms with Gasteiger partial charge in [0, 0.05) is 44.7 Å². The van der Waals surface area contributed by atoms with E-state index in [0.717, 1.165) is 0 Å². The third-order valence-corrected chi connectivity index (χ3v) is 8.11. The number of carbonyl (C=O) groups is 4. The normalized spacial score (nSPS) is 18.4. The minimum absolute atomic E-state index is 0.0852. The summed E-state index contributed by atoms with van der Waals surface area (Å²) in [5.41, 5.74) is 1.34. The third kappa shape index (κ3) is 9.44. The van der Waals surface area contributed by atoms with Gasteiger partial charge in [0.1, 0.15) is 11.8 Å². The van der Waals surface area contributed by atoms with Crippen LogP contribution in [0.5, 0.6) is 5.75 Å². The van der Waals surface area contributed by atoms with Crippen LogP contribution in [0.15, 0.2) is 53.3 Å². The Morgan fingerprint density at radius 1 is 0.956 bits per heavy atom. The van der Waals surface area contributed by atoms with Crippen molar-refractivity contribution in [1.82, 2.24) is 30.4 Å². The Labute approximate surface area is 262 Å². The number of rotatable bonds is 6. The molecular weight excluding hydrogens is 576 g/mol. The van der Waals surface area contributed by atoms with Gasteiger partial charge in [0.05, 0.1) is 24.1 Å². The van der Waals surface area contributed by atoms with Crippen LogP contribution in [0.2, 0.25) is 0 Å². The number of nitrogens with one attached hydrogen (secondary N) is 4. The number of nitrogens with zero attached hydrogens (tertiary/aromatic N) is 2. The molecule has 0 fully saturated rings. The van der Waals surface area contributed by atoms with Crippen molar-refractivity contribution in [3.8, 4) is 5.75 Å². The van der Waals surface area contributed by atoms with E-state index in [-0.39, 0.29) is 54.7 Å². The lowest BCUT2D eigenvalue weighted by Gasteiger charge is -2.25. The van der Waals surface area contributed by atoms with Gasteiger partial charge < -0.3 is 30.6 Å². The monoisotopic (exact) mass is 620 g/mol. The highest BCUT2D eigenvalue weighted by molar-refractivity contribution is 5.97. The van der Waals surface area contributed by atoms with Crippen LogP contribution in [0.25, 0.3) is 11.0 Å². The van der Waals surface area contributed by atoms with Crippen LogP contribution >= 0.6 is 0 Å². The molecule has 0 spiro atoms. The number of para-hydroxylation sites is 1. The van der Waals surface area contributed by atoms with Gasteiger partial charge >= 0.3 is 5.69 Å². The van der Waals surface area contributed by atoms with Crippen molar-refractivity contribution >= 4 is 34.7 Å². The molecule has 2 aromatic carbocycles. The molecule has 0 saturated carbocycles. The van der Waals surface area contributed by atoms with E-state index in [2.05, 4.69) is 20.9 Å². The maximum absolute atomic E-state index is 13.2. The van der Waals surface area contributed by atoms with Crippen molar-refractivity contribution in [3.05, 3.63) is 64.6 Å². The second-order valence-electron chi connectivity index (χ2n) is 11.4. The summed E-state index contributed by atoms with van der Waals surface area (Å²) in [5, 5.41) is 8.70. The fourth-order valence-electron chi connectivity index (χ4n) is 5.32. The van der Waals surface area contributed by atoms with E-state index in [9.17, 15) is 24.0 Å². The van der Waals surface area contributed by atoms with Gasteiger partial charge in [-0.1, -0.05) is 38.5 Å². The summed E-state index contributed by atoms with van der Waals surface area (Å²) in [7, 11) is 0. The summed E-state index contributed by atoms with van der Waals surface area (Å²) in [6.07, 6.45) is 2.44. The molecule has 4 amide bonds. The number of carbonyl (C=O) groups excluding carboxylic acids is 4. The van der Waals surface area contributed by atoms with Gasteiger partial charge in [-0.2, -0.15) is 0 Å². The molecule has 12 nitrogen and oxygen atoms in total. The van der Waals surface area contributed by atoms with E-state index < -0.39 is 6.04 Å². The average molecular weight is 621 g/mol. The van der Waals surface area contributed by atoms with Crippen molar-refractivity contribution in [1.29, 1.82) is 0 Å². The van der Waals surface area contributed by atoms with Gasteiger partial charge in [0.2, 0.25) is 17.7 Å². The molecule has 45 heavy (non-hydrogen) atoms. The standard InChI is InChI=1S/C33H44N6O6/c1-3-23(2)30-32(43)35-17-9-20-39-27-22-24(13-14-26(27)36-33(39)44)31(42)34-16-8-19-38(18-7-12-28(40)37-30)29(41)15-21-45-25-10-5-4-6-11-25/h4-6,10-11,13-14,22-23,30H,3,7-9,12,15-21H2,1-2H3,(H,34,42)(H,35,43)(H,36,44)(H,37,40)/t23-,30-/m0/s1. The summed E-state index contributed by atoms with van der Waals surface area (Å²) in [6.45, 7) is 5.83. The zero-order valence-corrected chi connectivity index (χ0v) is 26.1. The van der Waals surface area contributed by atoms with Gasteiger partial charge in [0.15, 0.2) is 0 Å². The second kappa shape index (κ2) is 16.5. The molecule has 0 saturated heterocycles. The molecule has 12 heteroatoms. The number of imidazole rings is 1. The van der Waals surface area contributed by atoms with E-state index in [1.165, 1.54) is 0 Å². The van der Waals surface area contributed by atoms with Crippen molar-refractivity contribution in [2.45, 2.75) is 65.0 Å². The lowest BCUT2D eigenvalue weighted by molar-refractivity contribution is -0.132. The largest absolute Gasteiger partial charge is 0.493 e. The Kier molecular flexibility index (Phi) is 12.2. The summed E-state index contributed by atoms with van der Waals surface area (Å²) in [4.78, 5) is 69.3. The van der Waals surface area contributed by atoms with E-state index in [1.807, 2.05) is 44.2 Å². The lowest BCUT2D eigenvalue weighted by atomic mass is 9.98. The fraction of sp³-hybridized carbons (Fsp3) is 0.485. The van der Waals surface area contributed by atoms with Gasteiger partial charge in [-0.3, -0.25) is 23.7 Å². The first-order chi connectivity index (χ1) is 21.8. The second-order valence-corrected chi connectivity index (χ2v) is 11.4. The van der Waals surface area contributed by atoms with Crippen LogP contribution in [0.4, 0.5) is 0 Å². The summed E-state index contributed by atoms with van der Waals surface area (Å²) >= 11 is 0. The first kappa shape index (κ1) is 33.3. The van der Waals surface area contributed by atoms with E-state index >= 15 is 0 Å². The highest BCUT2D eigenvalue weighted by Crippen LogP contribution is 2.15. The molecule has 2 heterocycles. The molecule has 1 aliphatic heterocycles. The Morgan fingerprint density at radius 3 is 2.47 bits per heavy atom. The van der Waals surface area contributed by atoms with Gasteiger partial charge in [-0.05, 0) is 55.5 Å². The molecule has 242 valence electrons. The predicted octanol–water partition coefficient (Wildman–Crippen LogP) is 2.58. The Balaban J connectivity index is 1.48. The number of aromatic amines is 1. The minimum Gasteiger partial charge on any atom is -0.493 e. The number of fused-ring (bicyclic) bond motifs is 1. The first-order valence-electron chi connectivity index (χ1n) is 15.8. The molecule has 0 unspecified atom stereocenters. The van der Waals surface area contributed by atoms with E-state index in [0.29, 0.717) is 80.8 Å². The zero-order valence-electron chi connectivity index (χ0n) is 26.1. The number of hydrogen-bond donors (Lipinski definition) is 4. The fourth-order valence-corrected chi connectivity index (χ4v) is 5.32. The number of hydrogen-bond acceptors (Lipinski definition) is 6. The predicted molar refractivity (Wildman–Crippen MR) is 171 cm³/mol. The molecule has 2 atom stereocenters. The van der Waals surface area contributed by atoms with Crippen LogP contribution in [-0.4, -0.2) is 76.9 Å². The van der Waals surface area contributed by atoms with Gasteiger partial charge in [-0.25, -0.2) is 4.79 Å². The number of aromatic nitrogens is 2. The quantitative estimate of drug-likeness (QED) is 0.332. The number of amides is 4. The maximum Gasteiger partial charge on any atom is 0.326 e. The number of aryl methyl sites for hydroxylation is 1.